The van der Waals surface area contributed by atoms with E-state index in [9.17, 15) is 9.59 Å². The first-order chi connectivity index (χ1) is 9.95. The number of carboxylic acids is 1. The van der Waals surface area contributed by atoms with Crippen molar-refractivity contribution < 1.29 is 14.7 Å². The molecule has 0 unspecified atom stereocenters. The number of halogens is 1. The van der Waals surface area contributed by atoms with Gasteiger partial charge in [0.1, 0.15) is 0 Å². The SMILES string of the molecule is CC1CCC(NC(=O)Nc2cc(Br)ccc2C(=O)O)CC1. The number of amides is 2. The van der Waals surface area contributed by atoms with E-state index in [1.807, 2.05) is 0 Å². The summed E-state index contributed by atoms with van der Waals surface area (Å²) in [5.74, 6) is -0.348. The summed E-state index contributed by atoms with van der Waals surface area (Å²) in [6.45, 7) is 2.22. The van der Waals surface area contributed by atoms with Gasteiger partial charge in [-0.2, -0.15) is 0 Å². The van der Waals surface area contributed by atoms with Crippen LogP contribution in [0.2, 0.25) is 0 Å². The number of benzene rings is 1. The average molecular weight is 355 g/mol. The van der Waals surface area contributed by atoms with Gasteiger partial charge in [0.25, 0.3) is 0 Å². The lowest BCUT2D eigenvalue weighted by Gasteiger charge is -2.27. The molecule has 1 fully saturated rings. The zero-order chi connectivity index (χ0) is 15.4. The Morgan fingerprint density at radius 1 is 1.24 bits per heavy atom. The molecule has 1 aliphatic rings. The summed E-state index contributed by atoms with van der Waals surface area (Å²) in [6, 6.07) is 4.50. The fraction of sp³-hybridized carbons (Fsp3) is 0.467. The topological polar surface area (TPSA) is 78.4 Å². The van der Waals surface area contributed by atoms with Crippen molar-refractivity contribution in [3.8, 4) is 0 Å². The van der Waals surface area contributed by atoms with Crippen LogP contribution in [-0.2, 0) is 0 Å². The number of rotatable bonds is 3. The van der Waals surface area contributed by atoms with Gasteiger partial charge in [-0.15, -0.1) is 0 Å². The highest BCUT2D eigenvalue weighted by Crippen LogP contribution is 2.24. The molecule has 2 amide bonds. The van der Waals surface area contributed by atoms with Gasteiger partial charge in [-0.3, -0.25) is 0 Å². The smallest absolute Gasteiger partial charge is 0.337 e. The van der Waals surface area contributed by atoms with Crippen molar-refractivity contribution in [2.45, 2.75) is 38.6 Å². The molecule has 0 radical (unpaired) electrons. The van der Waals surface area contributed by atoms with Crippen LogP contribution in [0.5, 0.6) is 0 Å². The van der Waals surface area contributed by atoms with Crippen LogP contribution in [0, 0.1) is 5.92 Å². The molecule has 0 aromatic heterocycles. The summed E-state index contributed by atoms with van der Waals surface area (Å²) < 4.78 is 0.717. The molecule has 0 aliphatic heterocycles. The van der Waals surface area contributed by atoms with Crippen LogP contribution in [0.1, 0.15) is 43.0 Å². The van der Waals surface area contributed by atoms with Crippen molar-refractivity contribution in [1.82, 2.24) is 5.32 Å². The number of nitrogens with one attached hydrogen (secondary N) is 2. The van der Waals surface area contributed by atoms with Crippen LogP contribution in [0.4, 0.5) is 10.5 Å². The first-order valence-electron chi connectivity index (χ1n) is 7.06. The molecule has 114 valence electrons. The Morgan fingerprint density at radius 3 is 2.52 bits per heavy atom. The molecule has 0 heterocycles. The Kier molecular flexibility index (Phi) is 5.22. The van der Waals surface area contributed by atoms with Crippen molar-refractivity contribution >= 4 is 33.6 Å². The number of carbonyl (C=O) groups is 2. The first-order valence-corrected chi connectivity index (χ1v) is 7.85. The van der Waals surface area contributed by atoms with E-state index >= 15 is 0 Å². The number of aromatic carboxylic acids is 1. The van der Waals surface area contributed by atoms with Gasteiger partial charge in [0, 0.05) is 10.5 Å². The molecule has 0 spiro atoms. The Labute approximate surface area is 132 Å². The predicted molar refractivity (Wildman–Crippen MR) is 84.7 cm³/mol. The molecule has 1 aromatic rings. The van der Waals surface area contributed by atoms with Gasteiger partial charge in [0.05, 0.1) is 11.3 Å². The molecule has 6 heteroatoms. The van der Waals surface area contributed by atoms with Gasteiger partial charge in [-0.25, -0.2) is 9.59 Å². The van der Waals surface area contributed by atoms with Crippen molar-refractivity contribution in [2.24, 2.45) is 5.92 Å². The predicted octanol–water partition coefficient (Wildman–Crippen LogP) is 3.85. The highest BCUT2D eigenvalue weighted by Gasteiger charge is 2.20. The van der Waals surface area contributed by atoms with E-state index in [1.54, 1.807) is 12.1 Å². The Bertz CT molecular complexity index is 540. The quantitative estimate of drug-likeness (QED) is 0.771. The molecule has 0 atom stereocenters. The molecule has 21 heavy (non-hydrogen) atoms. The molecule has 3 N–H and O–H groups in total. The second-order valence-electron chi connectivity index (χ2n) is 5.55. The molecule has 1 aromatic carbocycles. The van der Waals surface area contributed by atoms with Crippen LogP contribution in [0.25, 0.3) is 0 Å². The number of hydrogen-bond acceptors (Lipinski definition) is 2. The van der Waals surface area contributed by atoms with Gasteiger partial charge in [-0.05, 0) is 49.8 Å². The summed E-state index contributed by atoms with van der Waals surface area (Å²) in [6.07, 6.45) is 4.17. The summed E-state index contributed by atoms with van der Waals surface area (Å²) in [5.41, 5.74) is 0.365. The molecule has 5 nitrogen and oxygen atoms in total. The maximum absolute atomic E-state index is 12.0. The zero-order valence-corrected chi connectivity index (χ0v) is 13.4. The van der Waals surface area contributed by atoms with E-state index in [1.165, 1.54) is 6.07 Å². The maximum Gasteiger partial charge on any atom is 0.337 e. The largest absolute Gasteiger partial charge is 0.478 e. The standard InChI is InChI=1S/C15H19BrN2O3/c1-9-2-5-11(6-3-9)17-15(21)18-13-8-10(16)4-7-12(13)14(19)20/h4,7-9,11H,2-3,5-6H2,1H3,(H,19,20)(H2,17,18,21). The molecular weight excluding hydrogens is 336 g/mol. The fourth-order valence-corrected chi connectivity index (χ4v) is 2.92. The lowest BCUT2D eigenvalue weighted by Crippen LogP contribution is -2.40. The Hall–Kier alpha value is -1.56. The molecule has 0 bridgehead atoms. The third-order valence-electron chi connectivity index (χ3n) is 3.81. The van der Waals surface area contributed by atoms with Crippen molar-refractivity contribution in [3.05, 3.63) is 28.2 Å². The van der Waals surface area contributed by atoms with E-state index in [0.717, 1.165) is 31.6 Å². The van der Waals surface area contributed by atoms with Crippen LogP contribution in [-0.4, -0.2) is 23.1 Å². The van der Waals surface area contributed by atoms with Crippen molar-refractivity contribution in [2.75, 3.05) is 5.32 Å². The lowest BCUT2D eigenvalue weighted by atomic mass is 9.87. The van der Waals surface area contributed by atoms with Gasteiger partial charge in [0.2, 0.25) is 0 Å². The summed E-state index contributed by atoms with van der Waals surface area (Å²) in [7, 11) is 0. The minimum Gasteiger partial charge on any atom is -0.478 e. The second kappa shape index (κ2) is 6.93. The molecule has 0 saturated heterocycles. The lowest BCUT2D eigenvalue weighted by molar-refractivity contribution is 0.0698. The number of urea groups is 1. The summed E-state index contributed by atoms with van der Waals surface area (Å²) in [4.78, 5) is 23.2. The van der Waals surface area contributed by atoms with E-state index in [2.05, 4.69) is 33.5 Å². The van der Waals surface area contributed by atoms with Crippen molar-refractivity contribution in [3.63, 3.8) is 0 Å². The number of carboxylic acid groups (broad SMARTS) is 1. The third kappa shape index (κ3) is 4.46. The van der Waals surface area contributed by atoms with E-state index < -0.39 is 5.97 Å². The highest BCUT2D eigenvalue weighted by molar-refractivity contribution is 9.10. The van der Waals surface area contributed by atoms with E-state index in [4.69, 9.17) is 5.11 Å². The number of anilines is 1. The van der Waals surface area contributed by atoms with Gasteiger partial charge < -0.3 is 15.7 Å². The second-order valence-corrected chi connectivity index (χ2v) is 6.47. The molecular formula is C15H19BrN2O3. The normalized spacial score (nSPS) is 21.6. The number of carbonyl (C=O) groups excluding carboxylic acids is 1. The summed E-state index contributed by atoms with van der Waals surface area (Å²) in [5, 5.41) is 14.7. The van der Waals surface area contributed by atoms with Gasteiger partial charge in [-0.1, -0.05) is 22.9 Å². The van der Waals surface area contributed by atoms with Crippen molar-refractivity contribution in [1.29, 1.82) is 0 Å². The van der Waals surface area contributed by atoms with Gasteiger partial charge >= 0.3 is 12.0 Å². The molecule has 1 aliphatic carbocycles. The molecule has 1 saturated carbocycles. The van der Waals surface area contributed by atoms with Crippen LogP contribution >= 0.6 is 15.9 Å². The zero-order valence-electron chi connectivity index (χ0n) is 11.9. The fourth-order valence-electron chi connectivity index (χ4n) is 2.55. The maximum atomic E-state index is 12.0. The summed E-state index contributed by atoms with van der Waals surface area (Å²) >= 11 is 3.28. The van der Waals surface area contributed by atoms with Crippen LogP contribution in [0.15, 0.2) is 22.7 Å². The first kappa shape index (κ1) is 15.8. The monoisotopic (exact) mass is 354 g/mol. The number of hydrogen-bond donors (Lipinski definition) is 3. The Balaban J connectivity index is 1.99. The highest BCUT2D eigenvalue weighted by atomic mass is 79.9. The minimum atomic E-state index is -1.07. The van der Waals surface area contributed by atoms with Crippen LogP contribution in [0.3, 0.4) is 0 Å². The minimum absolute atomic E-state index is 0.0746. The molecule has 2 rings (SSSR count). The average Bonchev–Trinajstić information content (AvgIpc) is 2.41. The Morgan fingerprint density at radius 2 is 1.90 bits per heavy atom. The third-order valence-corrected chi connectivity index (χ3v) is 4.30. The van der Waals surface area contributed by atoms with Gasteiger partial charge in [0.15, 0.2) is 0 Å². The van der Waals surface area contributed by atoms with Crippen LogP contribution < -0.4 is 10.6 Å². The van der Waals surface area contributed by atoms with E-state index in [-0.39, 0.29) is 17.6 Å². The van der Waals surface area contributed by atoms with E-state index in [0.29, 0.717) is 10.2 Å².